The van der Waals surface area contributed by atoms with Crippen molar-refractivity contribution in [1.29, 1.82) is 0 Å². The van der Waals surface area contributed by atoms with Crippen LogP contribution in [-0.4, -0.2) is 24.8 Å². The number of hydrogen-bond donors (Lipinski definition) is 0. The van der Waals surface area contributed by atoms with Crippen LogP contribution in [-0.2, 0) is 0 Å². The normalized spacial score (nSPS) is 10.7. The summed E-state index contributed by atoms with van der Waals surface area (Å²) in [5.74, 6) is -0.117. The minimum absolute atomic E-state index is 0.117. The lowest BCUT2D eigenvalue weighted by Gasteiger charge is -2.03. The number of carbonyl (C=O) groups excluding carboxylic acids is 1. The number of benzene rings is 1. The molecule has 0 bridgehead atoms. The van der Waals surface area contributed by atoms with E-state index in [1.807, 2.05) is 14.1 Å². The fourth-order valence-corrected chi connectivity index (χ4v) is 1.54. The van der Waals surface area contributed by atoms with E-state index in [-0.39, 0.29) is 5.78 Å². The maximum absolute atomic E-state index is 11.6. The molecular formula is C11H11Cl2NO. The number of halogens is 2. The number of carbonyl (C=O) groups is 1. The van der Waals surface area contributed by atoms with Crippen molar-refractivity contribution in [2.45, 2.75) is 0 Å². The Morgan fingerprint density at radius 1 is 1.20 bits per heavy atom. The molecule has 0 saturated heterocycles. The topological polar surface area (TPSA) is 20.3 Å². The third-order valence-electron chi connectivity index (χ3n) is 1.67. The average Bonchev–Trinajstić information content (AvgIpc) is 2.12. The Bertz CT molecular complexity index is 379. The summed E-state index contributed by atoms with van der Waals surface area (Å²) in [5, 5.41) is 0.924. The highest BCUT2D eigenvalue weighted by Gasteiger charge is 2.04. The predicted octanol–water partition coefficient (Wildman–Crippen LogP) is 3.25. The standard InChI is InChI=1S/C11H11Cl2NO/c1-14(2)4-3-11(15)8-5-9(12)7-10(13)6-8/h3-7H,1-2H3/b4-3+. The van der Waals surface area contributed by atoms with Crippen molar-refractivity contribution in [1.82, 2.24) is 4.90 Å². The molecule has 2 nitrogen and oxygen atoms in total. The number of allylic oxidation sites excluding steroid dienone is 1. The lowest BCUT2D eigenvalue weighted by Crippen LogP contribution is -2.03. The van der Waals surface area contributed by atoms with Crippen molar-refractivity contribution >= 4 is 29.0 Å². The first kappa shape index (κ1) is 12.1. The fraction of sp³-hybridized carbons (Fsp3) is 0.182. The molecule has 4 heteroatoms. The van der Waals surface area contributed by atoms with Gasteiger partial charge in [-0.1, -0.05) is 23.2 Å². The van der Waals surface area contributed by atoms with Gasteiger partial charge >= 0.3 is 0 Å². The van der Waals surface area contributed by atoms with E-state index < -0.39 is 0 Å². The molecule has 0 atom stereocenters. The third kappa shape index (κ3) is 3.94. The molecule has 0 aliphatic carbocycles. The van der Waals surface area contributed by atoms with Crippen LogP contribution in [0.15, 0.2) is 30.5 Å². The Morgan fingerprint density at radius 2 is 1.73 bits per heavy atom. The van der Waals surface area contributed by atoms with Gasteiger partial charge in [0.05, 0.1) is 0 Å². The van der Waals surface area contributed by atoms with Gasteiger partial charge in [-0.15, -0.1) is 0 Å². The molecule has 0 aliphatic heterocycles. The van der Waals surface area contributed by atoms with Gasteiger partial charge in [-0.25, -0.2) is 0 Å². The van der Waals surface area contributed by atoms with Gasteiger partial charge < -0.3 is 4.90 Å². The third-order valence-corrected chi connectivity index (χ3v) is 2.11. The molecule has 0 fully saturated rings. The van der Waals surface area contributed by atoms with Crippen LogP contribution in [0.1, 0.15) is 10.4 Å². The minimum atomic E-state index is -0.117. The monoisotopic (exact) mass is 243 g/mol. The minimum Gasteiger partial charge on any atom is -0.383 e. The zero-order chi connectivity index (χ0) is 11.4. The second-order valence-electron chi connectivity index (χ2n) is 3.30. The van der Waals surface area contributed by atoms with E-state index in [2.05, 4.69) is 0 Å². The summed E-state index contributed by atoms with van der Waals surface area (Å²) in [5.41, 5.74) is 0.491. The van der Waals surface area contributed by atoms with Crippen LogP contribution in [0.25, 0.3) is 0 Å². The van der Waals surface area contributed by atoms with Crippen molar-refractivity contribution in [2.75, 3.05) is 14.1 Å². The molecule has 0 radical (unpaired) electrons. The van der Waals surface area contributed by atoms with E-state index >= 15 is 0 Å². The van der Waals surface area contributed by atoms with Gasteiger partial charge in [-0.3, -0.25) is 4.79 Å². The molecule has 1 rings (SSSR count). The first-order valence-corrected chi connectivity index (χ1v) is 5.09. The van der Waals surface area contributed by atoms with Crippen LogP contribution in [0.2, 0.25) is 10.0 Å². The Morgan fingerprint density at radius 3 is 2.20 bits per heavy atom. The number of rotatable bonds is 3. The molecule has 1 aromatic carbocycles. The molecule has 0 heterocycles. The Kier molecular flexibility index (Phi) is 4.18. The van der Waals surface area contributed by atoms with E-state index in [0.717, 1.165) is 0 Å². The van der Waals surface area contributed by atoms with E-state index in [1.165, 1.54) is 6.08 Å². The maximum atomic E-state index is 11.6. The van der Waals surface area contributed by atoms with Crippen molar-refractivity contribution in [2.24, 2.45) is 0 Å². The van der Waals surface area contributed by atoms with Crippen LogP contribution in [0.4, 0.5) is 0 Å². The summed E-state index contributed by atoms with van der Waals surface area (Å²) in [4.78, 5) is 13.4. The van der Waals surface area contributed by atoms with Crippen LogP contribution >= 0.6 is 23.2 Å². The average molecular weight is 244 g/mol. The van der Waals surface area contributed by atoms with Gasteiger partial charge in [0.2, 0.25) is 0 Å². The van der Waals surface area contributed by atoms with Crippen molar-refractivity contribution < 1.29 is 4.79 Å². The van der Waals surface area contributed by atoms with Gasteiger partial charge in [-0.2, -0.15) is 0 Å². The Balaban J connectivity index is 2.91. The second-order valence-corrected chi connectivity index (χ2v) is 4.17. The van der Waals surface area contributed by atoms with E-state index in [4.69, 9.17) is 23.2 Å². The number of hydrogen-bond acceptors (Lipinski definition) is 2. The molecule has 0 aromatic heterocycles. The molecule has 0 unspecified atom stereocenters. The number of nitrogens with zero attached hydrogens (tertiary/aromatic N) is 1. The smallest absolute Gasteiger partial charge is 0.187 e. The molecule has 0 spiro atoms. The maximum Gasteiger partial charge on any atom is 0.187 e. The van der Waals surface area contributed by atoms with Crippen LogP contribution < -0.4 is 0 Å². The first-order chi connectivity index (χ1) is 6.99. The van der Waals surface area contributed by atoms with E-state index in [9.17, 15) is 4.79 Å². The molecule has 0 N–H and O–H groups in total. The van der Waals surface area contributed by atoms with Crippen molar-refractivity contribution in [3.63, 3.8) is 0 Å². The molecule has 0 amide bonds. The predicted molar refractivity (Wildman–Crippen MR) is 63.6 cm³/mol. The molecule has 1 aromatic rings. The first-order valence-electron chi connectivity index (χ1n) is 4.34. The Labute approximate surface area is 99.1 Å². The van der Waals surface area contributed by atoms with Gasteiger partial charge in [-0.05, 0) is 18.2 Å². The molecule has 15 heavy (non-hydrogen) atoms. The number of ketones is 1. The second kappa shape index (κ2) is 5.19. The summed E-state index contributed by atoms with van der Waals surface area (Å²) in [6, 6.07) is 4.78. The van der Waals surface area contributed by atoms with Crippen LogP contribution in [0.3, 0.4) is 0 Å². The molecule has 0 aliphatic rings. The van der Waals surface area contributed by atoms with Crippen molar-refractivity contribution in [3.8, 4) is 0 Å². The fourth-order valence-electron chi connectivity index (χ4n) is 1.01. The summed E-state index contributed by atoms with van der Waals surface area (Å²) in [7, 11) is 3.68. The lowest BCUT2D eigenvalue weighted by molar-refractivity contribution is 0.104. The highest BCUT2D eigenvalue weighted by Crippen LogP contribution is 2.19. The summed E-state index contributed by atoms with van der Waals surface area (Å²) < 4.78 is 0. The summed E-state index contributed by atoms with van der Waals surface area (Å²) >= 11 is 11.6. The van der Waals surface area contributed by atoms with Gasteiger partial charge in [0.1, 0.15) is 0 Å². The summed E-state index contributed by atoms with van der Waals surface area (Å²) in [6.45, 7) is 0. The zero-order valence-electron chi connectivity index (χ0n) is 8.50. The van der Waals surface area contributed by atoms with Crippen molar-refractivity contribution in [3.05, 3.63) is 46.1 Å². The van der Waals surface area contributed by atoms with Gasteiger partial charge in [0.25, 0.3) is 0 Å². The molecule has 80 valence electrons. The lowest BCUT2D eigenvalue weighted by atomic mass is 10.1. The SMILES string of the molecule is CN(C)/C=C/C(=O)c1cc(Cl)cc(Cl)c1. The van der Waals surface area contributed by atoms with Gasteiger partial charge in [0, 0.05) is 42.0 Å². The Hall–Kier alpha value is -0.990. The van der Waals surface area contributed by atoms with Gasteiger partial charge in [0.15, 0.2) is 5.78 Å². The zero-order valence-corrected chi connectivity index (χ0v) is 10.0. The molecular weight excluding hydrogens is 233 g/mol. The largest absolute Gasteiger partial charge is 0.383 e. The van der Waals surface area contributed by atoms with E-state index in [0.29, 0.717) is 15.6 Å². The van der Waals surface area contributed by atoms with E-state index in [1.54, 1.807) is 29.3 Å². The van der Waals surface area contributed by atoms with Crippen LogP contribution in [0.5, 0.6) is 0 Å². The summed E-state index contributed by atoms with van der Waals surface area (Å²) in [6.07, 6.45) is 3.15. The highest BCUT2D eigenvalue weighted by molar-refractivity contribution is 6.35. The van der Waals surface area contributed by atoms with Crippen LogP contribution in [0, 0.1) is 0 Å². The highest BCUT2D eigenvalue weighted by atomic mass is 35.5. The molecule has 0 saturated carbocycles. The quantitative estimate of drug-likeness (QED) is 0.600.